The number of anilines is 3. The van der Waals surface area contributed by atoms with Crippen LogP contribution in [-0.2, 0) is 7.05 Å². The van der Waals surface area contributed by atoms with E-state index >= 15 is 0 Å². The van der Waals surface area contributed by atoms with Gasteiger partial charge in [0.05, 0.1) is 17.3 Å². The van der Waals surface area contributed by atoms with E-state index in [1.165, 1.54) is 12.1 Å². The topological polar surface area (TPSA) is 124 Å². The van der Waals surface area contributed by atoms with Gasteiger partial charge in [0.2, 0.25) is 0 Å². The third-order valence-corrected chi connectivity index (χ3v) is 7.38. The lowest BCUT2D eigenvalue weighted by atomic mass is 10.0. The Kier molecular flexibility index (Phi) is 7.41. The molecule has 3 aromatic carbocycles. The van der Waals surface area contributed by atoms with Crippen LogP contribution in [0.5, 0.6) is 5.75 Å². The summed E-state index contributed by atoms with van der Waals surface area (Å²) in [4.78, 5) is 54.3. The largest absolute Gasteiger partial charge is 0.505 e. The van der Waals surface area contributed by atoms with Gasteiger partial charge in [0.25, 0.3) is 22.7 Å². The first-order valence-corrected chi connectivity index (χ1v) is 13.2. The molecule has 1 atom stereocenters. The minimum atomic E-state index is -0.694. The summed E-state index contributed by atoms with van der Waals surface area (Å²) in [6.07, 6.45) is 2.49. The summed E-state index contributed by atoms with van der Waals surface area (Å²) >= 11 is 0. The number of rotatable bonds is 8. The van der Waals surface area contributed by atoms with E-state index < -0.39 is 10.9 Å². The van der Waals surface area contributed by atoms with Crippen LogP contribution in [0.4, 0.5) is 17.1 Å². The molecule has 0 radical (unpaired) electrons. The number of carbonyl (C=O) groups is 2. The molecular formula is C30H31N5O5. The minimum Gasteiger partial charge on any atom is -0.505 e. The summed E-state index contributed by atoms with van der Waals surface area (Å²) in [5.74, 6) is -0.793. The zero-order valence-corrected chi connectivity index (χ0v) is 22.4. The number of phenols is 1. The number of amides is 2. The number of nitrogens with zero attached hydrogens (tertiary/aromatic N) is 3. The van der Waals surface area contributed by atoms with Gasteiger partial charge in [0, 0.05) is 39.4 Å². The first-order chi connectivity index (χ1) is 19.3. The number of carbonyl (C=O) groups excluding carboxylic acids is 2. The van der Waals surface area contributed by atoms with Crippen LogP contribution in [0.3, 0.4) is 0 Å². The first kappa shape index (κ1) is 26.7. The maximum Gasteiger partial charge on any atom is 0.270 e. The second-order valence-corrected chi connectivity index (χ2v) is 9.84. The number of phenolic OH excluding ortho intramolecular Hbond substituents is 1. The van der Waals surface area contributed by atoms with Crippen molar-refractivity contribution < 1.29 is 14.7 Å². The van der Waals surface area contributed by atoms with Crippen LogP contribution in [0, 0.1) is 0 Å². The van der Waals surface area contributed by atoms with Crippen molar-refractivity contribution in [1.82, 2.24) is 14.4 Å². The van der Waals surface area contributed by atoms with Crippen molar-refractivity contribution in [2.75, 3.05) is 36.8 Å². The van der Waals surface area contributed by atoms with Crippen molar-refractivity contribution >= 4 is 28.9 Å². The number of para-hydroxylation sites is 1. The van der Waals surface area contributed by atoms with E-state index in [0.29, 0.717) is 38.3 Å². The fourth-order valence-corrected chi connectivity index (χ4v) is 5.01. The zero-order valence-electron chi connectivity index (χ0n) is 22.4. The number of aromatic hydroxyl groups is 1. The number of nitrogens with one attached hydrogen (secondary N) is 2. The molecule has 3 N–H and O–H groups in total. The van der Waals surface area contributed by atoms with E-state index in [-0.39, 0.29) is 46.2 Å². The SMILES string of the molecule is CCC(Nc1c(Nc2cccc(C(=O)N3CCN(C(=O)c4cccn4C)CC3)c2O)c(=O)c1=O)c1ccccc1. The molecule has 1 aromatic heterocycles. The molecule has 5 rings (SSSR count). The number of piperazine rings is 1. The Morgan fingerprint density at radius 3 is 2.12 bits per heavy atom. The quantitative estimate of drug-likeness (QED) is 0.231. The first-order valence-electron chi connectivity index (χ1n) is 13.2. The van der Waals surface area contributed by atoms with E-state index in [1.54, 1.807) is 26.5 Å². The van der Waals surface area contributed by atoms with Gasteiger partial charge in [0.1, 0.15) is 17.1 Å². The molecule has 10 nitrogen and oxygen atoms in total. The molecule has 1 aliphatic heterocycles. The fraction of sp³-hybridized carbons (Fsp3) is 0.267. The molecule has 10 heteroatoms. The third kappa shape index (κ3) is 4.95. The van der Waals surface area contributed by atoms with Gasteiger partial charge in [0.15, 0.2) is 5.75 Å². The highest BCUT2D eigenvalue weighted by molar-refractivity contribution is 5.99. The van der Waals surface area contributed by atoms with Crippen molar-refractivity contribution in [3.8, 4) is 5.75 Å². The van der Waals surface area contributed by atoms with E-state index in [0.717, 1.165) is 5.56 Å². The standard InChI is InChI=1S/C30H31N5O5/c1-3-21(19-9-5-4-6-10-19)31-24-25(28(38)27(24)37)32-22-12-7-11-20(26(22)36)29(39)34-15-17-35(18-16-34)30(40)23-13-8-14-33(23)2/h4-14,21,31-32,36H,3,15-18H2,1-2H3. The Bertz CT molecular complexity index is 1610. The van der Waals surface area contributed by atoms with Gasteiger partial charge < -0.3 is 30.1 Å². The molecule has 1 aliphatic rings. The summed E-state index contributed by atoms with van der Waals surface area (Å²) in [5.41, 5.74) is 0.638. The average Bonchev–Trinajstić information content (AvgIpc) is 3.42. The summed E-state index contributed by atoms with van der Waals surface area (Å²) < 4.78 is 1.76. The Balaban J connectivity index is 1.29. The van der Waals surface area contributed by atoms with Crippen LogP contribution >= 0.6 is 0 Å². The molecule has 2 amide bonds. The highest BCUT2D eigenvalue weighted by atomic mass is 16.3. The summed E-state index contributed by atoms with van der Waals surface area (Å²) in [5, 5.41) is 17.0. The number of aromatic nitrogens is 1. The fourth-order valence-electron chi connectivity index (χ4n) is 5.01. The Morgan fingerprint density at radius 2 is 1.50 bits per heavy atom. The van der Waals surface area contributed by atoms with Crippen molar-refractivity contribution in [2.45, 2.75) is 19.4 Å². The van der Waals surface area contributed by atoms with Crippen LogP contribution in [-0.4, -0.2) is 57.5 Å². The average molecular weight is 542 g/mol. The molecule has 4 aromatic rings. The molecule has 1 saturated heterocycles. The van der Waals surface area contributed by atoms with E-state index in [2.05, 4.69) is 10.6 Å². The predicted molar refractivity (Wildman–Crippen MR) is 153 cm³/mol. The summed E-state index contributed by atoms with van der Waals surface area (Å²) in [6, 6.07) is 17.6. The van der Waals surface area contributed by atoms with Gasteiger partial charge in [-0.1, -0.05) is 43.3 Å². The Morgan fingerprint density at radius 1 is 0.850 bits per heavy atom. The lowest BCUT2D eigenvalue weighted by Gasteiger charge is -2.35. The summed E-state index contributed by atoms with van der Waals surface area (Å²) in [6.45, 7) is 3.34. The lowest BCUT2D eigenvalue weighted by Crippen LogP contribution is -2.50. The molecule has 2 heterocycles. The molecule has 40 heavy (non-hydrogen) atoms. The molecule has 0 bridgehead atoms. The maximum atomic E-state index is 13.3. The van der Waals surface area contributed by atoms with Crippen LogP contribution in [0.25, 0.3) is 0 Å². The Labute approximate surface area is 231 Å². The van der Waals surface area contributed by atoms with Gasteiger partial charge in [-0.15, -0.1) is 0 Å². The minimum absolute atomic E-state index is 0.0482. The van der Waals surface area contributed by atoms with Crippen molar-refractivity contribution in [3.05, 3.63) is 104 Å². The molecule has 1 unspecified atom stereocenters. The molecular weight excluding hydrogens is 510 g/mol. The number of aryl methyl sites for hydroxylation is 1. The van der Waals surface area contributed by atoms with Gasteiger partial charge in [-0.2, -0.15) is 0 Å². The number of benzene rings is 2. The molecule has 0 saturated carbocycles. The van der Waals surface area contributed by atoms with E-state index in [9.17, 15) is 24.3 Å². The monoisotopic (exact) mass is 541 g/mol. The molecule has 0 aliphatic carbocycles. The van der Waals surface area contributed by atoms with Crippen molar-refractivity contribution in [2.24, 2.45) is 7.05 Å². The van der Waals surface area contributed by atoms with E-state index in [4.69, 9.17) is 0 Å². The van der Waals surface area contributed by atoms with E-state index in [1.807, 2.05) is 56.6 Å². The van der Waals surface area contributed by atoms with Crippen LogP contribution in [0.2, 0.25) is 0 Å². The molecule has 1 fully saturated rings. The predicted octanol–water partition coefficient (Wildman–Crippen LogP) is 3.23. The lowest BCUT2D eigenvalue weighted by molar-refractivity contribution is 0.0528. The van der Waals surface area contributed by atoms with Gasteiger partial charge in [-0.05, 0) is 36.2 Å². The van der Waals surface area contributed by atoms with Gasteiger partial charge >= 0.3 is 0 Å². The van der Waals surface area contributed by atoms with Crippen LogP contribution < -0.4 is 21.5 Å². The highest BCUT2D eigenvalue weighted by Crippen LogP contribution is 2.33. The number of hydrogen-bond acceptors (Lipinski definition) is 7. The number of hydrogen-bond donors (Lipinski definition) is 3. The Hall–Kier alpha value is -4.86. The third-order valence-electron chi connectivity index (χ3n) is 7.38. The molecule has 0 spiro atoms. The van der Waals surface area contributed by atoms with Crippen LogP contribution in [0.1, 0.15) is 45.8 Å². The van der Waals surface area contributed by atoms with Crippen LogP contribution in [0.15, 0.2) is 76.4 Å². The van der Waals surface area contributed by atoms with Crippen molar-refractivity contribution in [1.29, 1.82) is 0 Å². The normalized spacial score (nSPS) is 14.2. The highest BCUT2D eigenvalue weighted by Gasteiger charge is 2.29. The smallest absolute Gasteiger partial charge is 0.270 e. The summed E-state index contributed by atoms with van der Waals surface area (Å²) in [7, 11) is 1.81. The zero-order chi connectivity index (χ0) is 28.4. The maximum absolute atomic E-state index is 13.3. The second kappa shape index (κ2) is 11.1. The van der Waals surface area contributed by atoms with Gasteiger partial charge in [-0.3, -0.25) is 19.2 Å². The molecule has 206 valence electrons. The second-order valence-electron chi connectivity index (χ2n) is 9.84. The van der Waals surface area contributed by atoms with Gasteiger partial charge in [-0.25, -0.2) is 0 Å². The van der Waals surface area contributed by atoms with Crippen molar-refractivity contribution in [3.63, 3.8) is 0 Å².